The largest absolute Gasteiger partial charge is 4.00 e. The molecule has 0 spiro atoms. The Hall–Kier alpha value is 1.32. The normalized spacial score (nSPS) is 0. The summed E-state index contributed by atoms with van der Waals surface area (Å²) in [6, 6.07) is 0. The van der Waals surface area contributed by atoms with E-state index in [0.717, 1.165) is 0 Å². The zero-order valence-electron chi connectivity index (χ0n) is 1.72. The van der Waals surface area contributed by atoms with E-state index < -0.39 is 0 Å². The van der Waals surface area contributed by atoms with Gasteiger partial charge in [-0.15, -0.1) is 0 Å². The van der Waals surface area contributed by atoms with E-state index in [1.807, 2.05) is 0 Å². The summed E-state index contributed by atoms with van der Waals surface area (Å²) >= 11 is 0. The van der Waals surface area contributed by atoms with Crippen molar-refractivity contribution in [2.24, 2.45) is 0 Å². The fraction of sp³-hybridized carbons (Fsp3) is 0. The van der Waals surface area contributed by atoms with E-state index in [2.05, 4.69) is 0 Å². The van der Waals surface area contributed by atoms with Crippen molar-refractivity contribution in [1.82, 2.24) is 0 Å². The average molecular weight is 264 g/mol. The van der Waals surface area contributed by atoms with Crippen LogP contribution in [0.1, 0.15) is 0 Å². The minimum atomic E-state index is 0. The molecule has 0 unspecified atom stereocenters. The van der Waals surface area contributed by atoms with Crippen molar-refractivity contribution in [3.8, 4) is 0 Å². The van der Waals surface area contributed by atoms with Gasteiger partial charge in [0.15, 0.2) is 0 Å². The maximum absolute atomic E-state index is 0. The number of hydrogen-bond donors (Lipinski definition) is 0. The van der Waals surface area contributed by atoms with Crippen LogP contribution in [-0.4, -0.2) is 0 Å². The van der Waals surface area contributed by atoms with Gasteiger partial charge in [-0.3, -0.25) is 0 Å². The molecule has 0 fully saturated rings. The monoisotopic (exact) mass is 264 g/mol. The Morgan fingerprint density at radius 1 is 0.750 bits per heavy atom. The molecule has 0 aliphatic heterocycles. The fourth-order valence-corrected chi connectivity index (χ4v) is 0. The second kappa shape index (κ2) is 27.3. The molecule has 2 nitrogen and oxygen atoms in total. The van der Waals surface area contributed by atoms with Crippen molar-refractivity contribution in [1.29, 1.82) is 0 Å². The third-order valence-electron chi connectivity index (χ3n) is 0. The van der Waals surface area contributed by atoms with E-state index in [4.69, 9.17) is 0 Å². The molecule has 0 aromatic carbocycles. The molecule has 4 heteroatoms. The van der Waals surface area contributed by atoms with Crippen molar-refractivity contribution in [3.05, 3.63) is 0 Å². The second-order valence-electron chi connectivity index (χ2n) is 0. The minimum absolute atomic E-state index is 0. The molecule has 0 saturated heterocycles. The molecular formula is O2TiW+4. The van der Waals surface area contributed by atoms with E-state index in [-0.39, 0.29) is 53.7 Å². The van der Waals surface area contributed by atoms with Gasteiger partial charge in [-0.2, -0.15) is 0 Å². The first-order valence-corrected chi connectivity index (χ1v) is 0. The molecule has 0 atom stereocenters. The first-order chi connectivity index (χ1) is 0. The molecule has 0 rings (SSSR count). The number of rotatable bonds is 0. The van der Waals surface area contributed by atoms with Crippen LogP contribution < -0.4 is 0 Å². The zero-order chi connectivity index (χ0) is 0. The number of hydrogen-bond acceptors (Lipinski definition) is 0. The Morgan fingerprint density at radius 2 is 0.750 bits per heavy atom. The van der Waals surface area contributed by atoms with Crippen LogP contribution >= 0.6 is 0 Å². The van der Waals surface area contributed by atoms with Gasteiger partial charge in [-0.25, -0.2) is 0 Å². The van der Waals surface area contributed by atoms with Gasteiger partial charge in [-0.05, 0) is 0 Å². The third-order valence-corrected chi connectivity index (χ3v) is 0. The molecule has 0 heterocycles. The maximum Gasteiger partial charge on any atom is 4.00 e. The van der Waals surface area contributed by atoms with Gasteiger partial charge in [0, 0.05) is 0 Å². The summed E-state index contributed by atoms with van der Waals surface area (Å²) in [7, 11) is 0. The first kappa shape index (κ1) is 56.9. The van der Waals surface area contributed by atoms with Gasteiger partial charge in [0.25, 0.3) is 0 Å². The van der Waals surface area contributed by atoms with Crippen molar-refractivity contribution in [2.45, 2.75) is 0 Å². The van der Waals surface area contributed by atoms with E-state index in [0.29, 0.717) is 0 Å². The molecule has 0 saturated carbocycles. The maximum atomic E-state index is 0. The van der Waals surface area contributed by atoms with E-state index in [1.54, 1.807) is 0 Å². The van der Waals surface area contributed by atoms with Gasteiger partial charge in [0.2, 0.25) is 0 Å². The summed E-state index contributed by atoms with van der Waals surface area (Å²) in [4.78, 5) is 0. The molecule has 0 aromatic heterocycles. The van der Waals surface area contributed by atoms with Crippen molar-refractivity contribution < 1.29 is 53.7 Å². The Kier molecular flexibility index (Phi) is 388. The van der Waals surface area contributed by atoms with Crippen LogP contribution in [0, 0.1) is 0 Å². The first-order valence-electron chi connectivity index (χ1n) is 0. The van der Waals surface area contributed by atoms with Gasteiger partial charge < -0.3 is 11.0 Å². The molecule has 0 radical (unpaired) electrons. The Labute approximate surface area is 53.7 Å². The van der Waals surface area contributed by atoms with Crippen LogP contribution in [-0.2, 0) is 53.7 Å². The van der Waals surface area contributed by atoms with Crippen molar-refractivity contribution in [2.75, 3.05) is 0 Å². The fourth-order valence-electron chi connectivity index (χ4n) is 0. The molecule has 0 amide bonds. The Bertz CT molecular complexity index is 6.00. The minimum Gasteiger partial charge on any atom is -2.00 e. The van der Waals surface area contributed by atoms with Gasteiger partial charge in [-0.1, -0.05) is 0 Å². The zero-order valence-corrected chi connectivity index (χ0v) is 6.22. The van der Waals surface area contributed by atoms with Crippen LogP contribution in [0.2, 0.25) is 0 Å². The molecule has 0 aliphatic carbocycles. The summed E-state index contributed by atoms with van der Waals surface area (Å²) in [6.07, 6.45) is 0. The van der Waals surface area contributed by atoms with E-state index in [9.17, 15) is 0 Å². The van der Waals surface area contributed by atoms with Gasteiger partial charge >= 0.3 is 42.8 Å². The summed E-state index contributed by atoms with van der Waals surface area (Å²) in [6.45, 7) is 0. The smallest absolute Gasteiger partial charge is 2.00 e. The third kappa shape index (κ3) is 10.2. The van der Waals surface area contributed by atoms with Crippen LogP contribution in [0.4, 0.5) is 0 Å². The molecule has 0 aromatic rings. The van der Waals surface area contributed by atoms with E-state index >= 15 is 0 Å². The summed E-state index contributed by atoms with van der Waals surface area (Å²) in [5.74, 6) is 0. The summed E-state index contributed by atoms with van der Waals surface area (Å²) in [5.41, 5.74) is 0. The molecule has 0 aliphatic rings. The molecule has 0 N–H and O–H groups in total. The quantitative estimate of drug-likeness (QED) is 0.542. The van der Waals surface area contributed by atoms with Crippen LogP contribution in [0.5, 0.6) is 0 Å². The van der Waals surface area contributed by atoms with Crippen LogP contribution in [0.3, 0.4) is 0 Å². The molecular weight excluding hydrogens is 264 g/mol. The predicted octanol–water partition coefficient (Wildman–Crippen LogP) is -0.243. The average Bonchev–Trinajstić information content (AvgIpc) is 0. The Morgan fingerprint density at radius 3 is 0.750 bits per heavy atom. The molecule has 0 bridgehead atoms. The topological polar surface area (TPSA) is 57.0 Å². The van der Waals surface area contributed by atoms with Crippen molar-refractivity contribution >= 4 is 0 Å². The van der Waals surface area contributed by atoms with Gasteiger partial charge in [0.05, 0.1) is 0 Å². The molecule has 18 valence electrons. The van der Waals surface area contributed by atoms with E-state index in [1.165, 1.54) is 0 Å². The van der Waals surface area contributed by atoms with Crippen LogP contribution in [0.25, 0.3) is 0 Å². The van der Waals surface area contributed by atoms with Crippen molar-refractivity contribution in [3.63, 3.8) is 0 Å². The second-order valence-corrected chi connectivity index (χ2v) is 0. The summed E-state index contributed by atoms with van der Waals surface area (Å²) in [5, 5.41) is 0. The SMILES string of the molecule is [O-2].[O-2].[Ti+4].[W+4]. The van der Waals surface area contributed by atoms with Gasteiger partial charge in [0.1, 0.15) is 0 Å². The van der Waals surface area contributed by atoms with Crippen LogP contribution in [0.15, 0.2) is 0 Å². The Balaban J connectivity index is 0. The molecule has 4 heavy (non-hydrogen) atoms. The standard InChI is InChI=1S/2O.Ti.W/q2*-2;2*+4. The summed E-state index contributed by atoms with van der Waals surface area (Å²) < 4.78 is 0. The predicted molar refractivity (Wildman–Crippen MR) is 1.37 cm³/mol.